The van der Waals surface area contributed by atoms with Crippen LogP contribution in [0.1, 0.15) is 18.9 Å². The second-order valence-corrected chi connectivity index (χ2v) is 6.69. The van der Waals surface area contributed by atoms with Gasteiger partial charge >= 0.3 is 0 Å². The molecule has 3 rings (SSSR count). The Balaban J connectivity index is 1.53. The number of ether oxygens (including phenoxy) is 1. The molecule has 2 aliphatic rings. The Bertz CT molecular complexity index is 543. The van der Waals surface area contributed by atoms with Gasteiger partial charge in [0.25, 0.3) is 0 Å². The van der Waals surface area contributed by atoms with Crippen LogP contribution < -0.4 is 5.73 Å². The molecular weight excluding hydrogens is 290 g/mol. The Morgan fingerprint density at radius 2 is 2.00 bits per heavy atom. The van der Waals surface area contributed by atoms with Gasteiger partial charge in [-0.25, -0.2) is 0 Å². The van der Waals surface area contributed by atoms with Crippen LogP contribution in [0.25, 0.3) is 0 Å². The van der Waals surface area contributed by atoms with Crippen LogP contribution in [0.4, 0.5) is 5.69 Å². The van der Waals surface area contributed by atoms with Gasteiger partial charge in [-0.3, -0.25) is 9.69 Å². The fraction of sp³-hybridized carbons (Fsp3) is 0.611. The largest absolute Gasteiger partial charge is 0.399 e. The van der Waals surface area contributed by atoms with Gasteiger partial charge in [0, 0.05) is 44.3 Å². The molecule has 2 heterocycles. The maximum atomic E-state index is 12.5. The highest BCUT2D eigenvalue weighted by molar-refractivity contribution is 5.77. The molecule has 2 saturated heterocycles. The lowest BCUT2D eigenvalue weighted by molar-refractivity contribution is -0.130. The van der Waals surface area contributed by atoms with Gasteiger partial charge in [-0.05, 0) is 24.0 Å². The van der Waals surface area contributed by atoms with E-state index < -0.39 is 0 Å². The van der Waals surface area contributed by atoms with Crippen molar-refractivity contribution in [3.8, 4) is 0 Å². The van der Waals surface area contributed by atoms with Crippen LogP contribution in [-0.4, -0.2) is 61.1 Å². The van der Waals surface area contributed by atoms with Crippen LogP contribution in [0, 0.1) is 5.92 Å². The number of nitrogens with two attached hydrogens (primary N) is 1. The SMILES string of the molecule is CC1CN(C(=O)CCc2ccccc2N)CC1N1CCOCC1. The molecule has 5 heteroatoms. The number of hydrogen-bond donors (Lipinski definition) is 1. The van der Waals surface area contributed by atoms with E-state index >= 15 is 0 Å². The molecule has 0 bridgehead atoms. The summed E-state index contributed by atoms with van der Waals surface area (Å²) >= 11 is 0. The summed E-state index contributed by atoms with van der Waals surface area (Å²) in [5, 5.41) is 0. The van der Waals surface area contributed by atoms with Crippen LogP contribution in [0.5, 0.6) is 0 Å². The summed E-state index contributed by atoms with van der Waals surface area (Å²) in [6, 6.07) is 8.28. The molecular formula is C18H27N3O2. The first-order valence-electron chi connectivity index (χ1n) is 8.58. The van der Waals surface area contributed by atoms with Gasteiger partial charge in [0.15, 0.2) is 0 Å². The molecule has 0 spiro atoms. The summed E-state index contributed by atoms with van der Waals surface area (Å²) in [5.74, 6) is 0.773. The number of aryl methyl sites for hydroxylation is 1. The molecule has 2 fully saturated rings. The van der Waals surface area contributed by atoms with Crippen molar-refractivity contribution in [2.24, 2.45) is 5.92 Å². The summed E-state index contributed by atoms with van der Waals surface area (Å²) in [5.41, 5.74) is 7.80. The molecule has 2 aliphatic heterocycles. The van der Waals surface area contributed by atoms with Crippen molar-refractivity contribution in [1.82, 2.24) is 9.80 Å². The third kappa shape index (κ3) is 3.85. The van der Waals surface area contributed by atoms with E-state index in [1.54, 1.807) is 0 Å². The Hall–Kier alpha value is -1.59. The number of para-hydroxylation sites is 1. The van der Waals surface area contributed by atoms with Crippen molar-refractivity contribution < 1.29 is 9.53 Å². The average molecular weight is 317 g/mol. The Morgan fingerprint density at radius 3 is 2.74 bits per heavy atom. The summed E-state index contributed by atoms with van der Waals surface area (Å²) in [4.78, 5) is 17.1. The van der Waals surface area contributed by atoms with Gasteiger partial charge in [-0.1, -0.05) is 25.1 Å². The zero-order valence-corrected chi connectivity index (χ0v) is 13.9. The first-order chi connectivity index (χ1) is 11.1. The predicted molar refractivity (Wildman–Crippen MR) is 91.1 cm³/mol. The van der Waals surface area contributed by atoms with Crippen LogP contribution in [0.3, 0.4) is 0 Å². The monoisotopic (exact) mass is 317 g/mol. The highest BCUT2D eigenvalue weighted by Gasteiger charge is 2.36. The van der Waals surface area contributed by atoms with Crippen molar-refractivity contribution in [3.63, 3.8) is 0 Å². The van der Waals surface area contributed by atoms with E-state index in [2.05, 4.69) is 11.8 Å². The fourth-order valence-corrected chi connectivity index (χ4v) is 3.70. The van der Waals surface area contributed by atoms with Crippen molar-refractivity contribution >= 4 is 11.6 Å². The number of carbonyl (C=O) groups excluding carboxylic acids is 1. The fourth-order valence-electron chi connectivity index (χ4n) is 3.70. The third-order valence-electron chi connectivity index (χ3n) is 5.10. The number of carbonyl (C=O) groups is 1. The van der Waals surface area contributed by atoms with Crippen molar-refractivity contribution in [2.45, 2.75) is 25.8 Å². The summed E-state index contributed by atoms with van der Waals surface area (Å²) in [7, 11) is 0. The van der Waals surface area contributed by atoms with Crippen LogP contribution in [0.15, 0.2) is 24.3 Å². The van der Waals surface area contributed by atoms with Crippen LogP contribution >= 0.6 is 0 Å². The molecule has 23 heavy (non-hydrogen) atoms. The second kappa shape index (κ2) is 7.32. The molecule has 2 atom stereocenters. The number of hydrogen-bond acceptors (Lipinski definition) is 4. The van der Waals surface area contributed by atoms with Gasteiger partial charge in [0.05, 0.1) is 13.2 Å². The van der Waals surface area contributed by atoms with E-state index in [-0.39, 0.29) is 5.91 Å². The van der Waals surface area contributed by atoms with E-state index in [0.29, 0.717) is 18.4 Å². The normalized spacial score (nSPS) is 25.7. The Labute approximate surface area is 138 Å². The summed E-state index contributed by atoms with van der Waals surface area (Å²) < 4.78 is 5.43. The topological polar surface area (TPSA) is 58.8 Å². The van der Waals surface area contributed by atoms with E-state index in [1.165, 1.54) is 0 Å². The number of nitrogen functional groups attached to an aromatic ring is 1. The standard InChI is InChI=1S/C18H27N3O2/c1-14-12-21(13-17(14)20-8-10-23-11-9-20)18(22)7-6-15-4-2-3-5-16(15)19/h2-5,14,17H,6-13,19H2,1H3. The molecule has 126 valence electrons. The maximum Gasteiger partial charge on any atom is 0.222 e. The summed E-state index contributed by atoms with van der Waals surface area (Å²) in [6.45, 7) is 7.56. The molecule has 0 aromatic heterocycles. The van der Waals surface area contributed by atoms with Crippen LogP contribution in [0.2, 0.25) is 0 Å². The number of likely N-dealkylation sites (tertiary alicyclic amines) is 1. The van der Waals surface area contributed by atoms with E-state index in [0.717, 1.165) is 57.1 Å². The highest BCUT2D eigenvalue weighted by Crippen LogP contribution is 2.24. The Morgan fingerprint density at radius 1 is 1.26 bits per heavy atom. The zero-order valence-electron chi connectivity index (χ0n) is 13.9. The lowest BCUT2D eigenvalue weighted by atomic mass is 10.0. The van der Waals surface area contributed by atoms with Crippen molar-refractivity contribution in [3.05, 3.63) is 29.8 Å². The smallest absolute Gasteiger partial charge is 0.222 e. The molecule has 1 aromatic carbocycles. The molecule has 2 N–H and O–H groups in total. The van der Waals surface area contributed by atoms with Gasteiger partial charge in [-0.2, -0.15) is 0 Å². The highest BCUT2D eigenvalue weighted by atomic mass is 16.5. The van der Waals surface area contributed by atoms with Crippen molar-refractivity contribution in [2.75, 3.05) is 45.1 Å². The van der Waals surface area contributed by atoms with Crippen LogP contribution in [-0.2, 0) is 16.0 Å². The Kier molecular flexibility index (Phi) is 5.18. The van der Waals surface area contributed by atoms with E-state index in [1.807, 2.05) is 29.2 Å². The van der Waals surface area contributed by atoms with Gasteiger partial charge in [-0.15, -0.1) is 0 Å². The molecule has 1 amide bonds. The minimum Gasteiger partial charge on any atom is -0.399 e. The van der Waals surface area contributed by atoms with E-state index in [9.17, 15) is 4.79 Å². The number of rotatable bonds is 4. The average Bonchev–Trinajstić information content (AvgIpc) is 2.96. The lowest BCUT2D eigenvalue weighted by Gasteiger charge is -2.34. The van der Waals surface area contributed by atoms with Gasteiger partial charge < -0.3 is 15.4 Å². The maximum absolute atomic E-state index is 12.5. The minimum absolute atomic E-state index is 0.246. The molecule has 2 unspecified atom stereocenters. The van der Waals surface area contributed by atoms with Gasteiger partial charge in [0.1, 0.15) is 0 Å². The number of anilines is 1. The quantitative estimate of drug-likeness (QED) is 0.853. The molecule has 0 radical (unpaired) electrons. The first-order valence-corrected chi connectivity index (χ1v) is 8.58. The first kappa shape index (κ1) is 16.3. The minimum atomic E-state index is 0.246. The number of nitrogens with zero attached hydrogens (tertiary/aromatic N) is 2. The number of amides is 1. The zero-order chi connectivity index (χ0) is 16.2. The predicted octanol–water partition coefficient (Wildman–Crippen LogP) is 1.38. The van der Waals surface area contributed by atoms with Gasteiger partial charge in [0.2, 0.25) is 5.91 Å². The molecule has 5 nitrogen and oxygen atoms in total. The third-order valence-corrected chi connectivity index (χ3v) is 5.10. The summed E-state index contributed by atoms with van der Waals surface area (Å²) in [6.07, 6.45) is 1.26. The number of benzene rings is 1. The molecule has 1 aromatic rings. The number of morpholine rings is 1. The lowest BCUT2D eigenvalue weighted by Crippen LogP contribution is -2.47. The second-order valence-electron chi connectivity index (χ2n) is 6.69. The van der Waals surface area contributed by atoms with Crippen molar-refractivity contribution in [1.29, 1.82) is 0 Å². The molecule has 0 saturated carbocycles. The van der Waals surface area contributed by atoms with E-state index in [4.69, 9.17) is 10.5 Å². The molecule has 0 aliphatic carbocycles.